The minimum Gasteiger partial charge on any atom is -0.381 e. The summed E-state index contributed by atoms with van der Waals surface area (Å²) in [5.74, 6) is 0. The summed E-state index contributed by atoms with van der Waals surface area (Å²) >= 11 is 1.82. The van der Waals surface area contributed by atoms with Gasteiger partial charge in [-0.3, -0.25) is 0 Å². The van der Waals surface area contributed by atoms with E-state index in [0.717, 1.165) is 37.7 Å². The SMILES string of the molecule is CCCNCC1(Cc2cnc(C)s2)CCOC1. The number of ether oxygens (including phenoxy) is 1. The zero-order valence-corrected chi connectivity index (χ0v) is 11.6. The van der Waals surface area contributed by atoms with E-state index in [-0.39, 0.29) is 0 Å². The largest absolute Gasteiger partial charge is 0.381 e. The summed E-state index contributed by atoms with van der Waals surface area (Å²) in [6, 6.07) is 0. The first-order valence-corrected chi connectivity index (χ1v) is 7.25. The van der Waals surface area contributed by atoms with E-state index in [1.807, 2.05) is 17.5 Å². The van der Waals surface area contributed by atoms with E-state index in [1.165, 1.54) is 17.7 Å². The standard InChI is InChI=1S/C13H22N2OS/c1-3-5-14-9-13(4-6-16-10-13)7-12-8-15-11(2)17-12/h8,14H,3-7,9-10H2,1-2H3. The van der Waals surface area contributed by atoms with Crippen LogP contribution in [0.4, 0.5) is 0 Å². The number of nitrogens with one attached hydrogen (secondary N) is 1. The average Bonchev–Trinajstić information content (AvgIpc) is 2.90. The first kappa shape index (κ1) is 13.0. The molecule has 96 valence electrons. The normalized spacial score (nSPS) is 24.4. The molecule has 0 radical (unpaired) electrons. The van der Waals surface area contributed by atoms with Crippen molar-refractivity contribution in [2.75, 3.05) is 26.3 Å². The third kappa shape index (κ3) is 3.50. The van der Waals surface area contributed by atoms with Crippen molar-refractivity contribution in [3.8, 4) is 0 Å². The molecule has 0 aromatic carbocycles. The monoisotopic (exact) mass is 254 g/mol. The van der Waals surface area contributed by atoms with Crippen LogP contribution < -0.4 is 5.32 Å². The molecule has 2 heterocycles. The van der Waals surface area contributed by atoms with E-state index >= 15 is 0 Å². The Morgan fingerprint density at radius 2 is 2.47 bits per heavy atom. The Bertz CT molecular complexity index is 345. The fourth-order valence-electron chi connectivity index (χ4n) is 2.38. The molecule has 0 saturated carbocycles. The number of hydrogen-bond acceptors (Lipinski definition) is 4. The van der Waals surface area contributed by atoms with Crippen molar-refractivity contribution >= 4 is 11.3 Å². The molecule has 1 aliphatic heterocycles. The summed E-state index contributed by atoms with van der Waals surface area (Å²) < 4.78 is 5.61. The Kier molecular flexibility index (Phi) is 4.54. The summed E-state index contributed by atoms with van der Waals surface area (Å²) in [5.41, 5.74) is 0.300. The predicted molar refractivity (Wildman–Crippen MR) is 71.6 cm³/mol. The second kappa shape index (κ2) is 5.94. The molecular weight excluding hydrogens is 232 g/mol. The van der Waals surface area contributed by atoms with Crippen LogP contribution in [0.1, 0.15) is 29.7 Å². The van der Waals surface area contributed by atoms with Crippen molar-refractivity contribution in [1.29, 1.82) is 0 Å². The minimum atomic E-state index is 0.300. The van der Waals surface area contributed by atoms with Crippen LogP contribution in [0.15, 0.2) is 6.20 Å². The molecule has 1 aromatic heterocycles. The smallest absolute Gasteiger partial charge is 0.0896 e. The highest BCUT2D eigenvalue weighted by Gasteiger charge is 2.35. The molecule has 3 nitrogen and oxygen atoms in total. The maximum atomic E-state index is 5.61. The van der Waals surface area contributed by atoms with E-state index in [2.05, 4.69) is 24.1 Å². The van der Waals surface area contributed by atoms with Crippen molar-refractivity contribution in [3.63, 3.8) is 0 Å². The van der Waals surface area contributed by atoms with Gasteiger partial charge in [-0.15, -0.1) is 11.3 Å². The molecule has 1 unspecified atom stereocenters. The number of thiazole rings is 1. The van der Waals surface area contributed by atoms with Crippen LogP contribution in [-0.4, -0.2) is 31.3 Å². The molecule has 0 aliphatic carbocycles. The summed E-state index contributed by atoms with van der Waals surface area (Å²) in [4.78, 5) is 5.74. The van der Waals surface area contributed by atoms with Crippen LogP contribution in [0.2, 0.25) is 0 Å². The van der Waals surface area contributed by atoms with Crippen molar-refractivity contribution < 1.29 is 4.74 Å². The average molecular weight is 254 g/mol. The van der Waals surface area contributed by atoms with Crippen LogP contribution >= 0.6 is 11.3 Å². The van der Waals surface area contributed by atoms with Gasteiger partial charge < -0.3 is 10.1 Å². The molecule has 1 atom stereocenters. The Hall–Kier alpha value is -0.450. The number of nitrogens with zero attached hydrogens (tertiary/aromatic N) is 1. The van der Waals surface area contributed by atoms with Gasteiger partial charge >= 0.3 is 0 Å². The third-order valence-corrected chi connectivity index (χ3v) is 4.24. The molecule has 1 saturated heterocycles. The first-order valence-electron chi connectivity index (χ1n) is 6.44. The fourth-order valence-corrected chi connectivity index (χ4v) is 3.35. The van der Waals surface area contributed by atoms with Crippen LogP contribution in [0, 0.1) is 12.3 Å². The highest BCUT2D eigenvalue weighted by atomic mass is 32.1. The lowest BCUT2D eigenvalue weighted by Crippen LogP contribution is -2.36. The van der Waals surface area contributed by atoms with Crippen LogP contribution in [0.3, 0.4) is 0 Å². The predicted octanol–water partition coefficient (Wildman–Crippen LogP) is 2.40. The minimum absolute atomic E-state index is 0.300. The maximum absolute atomic E-state index is 5.61. The van der Waals surface area contributed by atoms with Gasteiger partial charge in [0.1, 0.15) is 0 Å². The molecule has 0 bridgehead atoms. The molecule has 4 heteroatoms. The van der Waals surface area contributed by atoms with Crippen molar-refractivity contribution in [2.24, 2.45) is 5.41 Å². The second-order valence-electron chi connectivity index (χ2n) is 5.00. The van der Waals surface area contributed by atoms with Crippen molar-refractivity contribution in [3.05, 3.63) is 16.1 Å². The lowest BCUT2D eigenvalue weighted by atomic mass is 9.83. The molecule has 2 rings (SSSR count). The van der Waals surface area contributed by atoms with Crippen LogP contribution in [-0.2, 0) is 11.2 Å². The molecule has 1 aromatic rings. The van der Waals surface area contributed by atoms with E-state index in [1.54, 1.807) is 0 Å². The summed E-state index contributed by atoms with van der Waals surface area (Å²) in [6.07, 6.45) is 5.49. The molecule has 1 aliphatic rings. The number of aryl methyl sites for hydroxylation is 1. The lowest BCUT2D eigenvalue weighted by molar-refractivity contribution is 0.150. The van der Waals surface area contributed by atoms with Gasteiger partial charge in [-0.2, -0.15) is 0 Å². The topological polar surface area (TPSA) is 34.2 Å². The van der Waals surface area contributed by atoms with Gasteiger partial charge in [0.05, 0.1) is 11.6 Å². The van der Waals surface area contributed by atoms with Gasteiger partial charge in [0.15, 0.2) is 0 Å². The van der Waals surface area contributed by atoms with E-state index < -0.39 is 0 Å². The first-order chi connectivity index (χ1) is 8.24. The Morgan fingerprint density at radius 3 is 3.06 bits per heavy atom. The van der Waals surface area contributed by atoms with E-state index in [0.29, 0.717) is 5.41 Å². The molecule has 0 amide bonds. The number of rotatable bonds is 6. The Morgan fingerprint density at radius 1 is 1.59 bits per heavy atom. The molecule has 1 N–H and O–H groups in total. The summed E-state index contributed by atoms with van der Waals surface area (Å²) in [7, 11) is 0. The van der Waals surface area contributed by atoms with Crippen molar-refractivity contribution in [1.82, 2.24) is 10.3 Å². The van der Waals surface area contributed by atoms with Crippen LogP contribution in [0.25, 0.3) is 0 Å². The fraction of sp³-hybridized carbons (Fsp3) is 0.769. The molecular formula is C13H22N2OS. The van der Waals surface area contributed by atoms with Gasteiger partial charge in [-0.05, 0) is 32.7 Å². The highest BCUT2D eigenvalue weighted by Crippen LogP contribution is 2.33. The number of hydrogen-bond donors (Lipinski definition) is 1. The summed E-state index contributed by atoms with van der Waals surface area (Å²) in [6.45, 7) is 8.24. The maximum Gasteiger partial charge on any atom is 0.0896 e. The highest BCUT2D eigenvalue weighted by molar-refractivity contribution is 7.11. The van der Waals surface area contributed by atoms with Gasteiger partial charge in [0, 0.05) is 29.6 Å². The quantitative estimate of drug-likeness (QED) is 0.792. The van der Waals surface area contributed by atoms with Gasteiger partial charge in [-0.1, -0.05) is 6.92 Å². The second-order valence-corrected chi connectivity index (χ2v) is 6.32. The lowest BCUT2D eigenvalue weighted by Gasteiger charge is -2.27. The summed E-state index contributed by atoms with van der Waals surface area (Å²) in [5, 5.41) is 4.71. The van der Waals surface area contributed by atoms with Gasteiger partial charge in [0.25, 0.3) is 0 Å². The van der Waals surface area contributed by atoms with E-state index in [4.69, 9.17) is 4.74 Å². The van der Waals surface area contributed by atoms with Gasteiger partial charge in [0.2, 0.25) is 0 Å². The molecule has 0 spiro atoms. The Labute approximate surface area is 108 Å². The number of aromatic nitrogens is 1. The molecule has 1 fully saturated rings. The zero-order valence-electron chi connectivity index (χ0n) is 10.8. The van der Waals surface area contributed by atoms with Gasteiger partial charge in [-0.25, -0.2) is 4.98 Å². The third-order valence-electron chi connectivity index (χ3n) is 3.33. The zero-order chi connectivity index (χ0) is 12.1. The Balaban J connectivity index is 1.96. The molecule has 17 heavy (non-hydrogen) atoms. The van der Waals surface area contributed by atoms with Crippen LogP contribution in [0.5, 0.6) is 0 Å². The van der Waals surface area contributed by atoms with Crippen molar-refractivity contribution in [2.45, 2.75) is 33.1 Å². The van der Waals surface area contributed by atoms with E-state index in [9.17, 15) is 0 Å².